The van der Waals surface area contributed by atoms with E-state index in [1.807, 2.05) is 4.90 Å². The second-order valence-corrected chi connectivity index (χ2v) is 4.70. The smallest absolute Gasteiger partial charge is 0.226 e. The molecule has 1 aliphatic rings. The summed E-state index contributed by atoms with van der Waals surface area (Å²) in [7, 11) is 4.11. The highest BCUT2D eigenvalue weighted by molar-refractivity contribution is 5.81. The van der Waals surface area contributed by atoms with Crippen LogP contribution in [0, 0.1) is 5.92 Å². The van der Waals surface area contributed by atoms with Gasteiger partial charge in [-0.2, -0.15) is 0 Å². The van der Waals surface area contributed by atoms with Crippen LogP contribution < -0.4 is 0 Å². The molecule has 0 N–H and O–H groups in total. The third-order valence-corrected chi connectivity index (χ3v) is 2.90. The summed E-state index contributed by atoms with van der Waals surface area (Å²) in [5.74, 6) is 0.640. The van der Waals surface area contributed by atoms with Crippen molar-refractivity contribution in [3.8, 4) is 0 Å². The first-order valence-corrected chi connectivity index (χ1v) is 5.47. The van der Waals surface area contributed by atoms with Gasteiger partial charge in [0, 0.05) is 18.5 Å². The first-order chi connectivity index (χ1) is 6.52. The molecule has 1 amide bonds. The number of hydrogen-bond donors (Lipinski definition) is 0. The van der Waals surface area contributed by atoms with Gasteiger partial charge in [0.15, 0.2) is 0 Å². The van der Waals surface area contributed by atoms with Crippen LogP contribution >= 0.6 is 0 Å². The average Bonchev–Trinajstić information content (AvgIpc) is 2.43. The number of carbonyl (C=O) groups is 1. The Kier molecular flexibility index (Phi) is 3.93. The highest BCUT2D eigenvalue weighted by Gasteiger charge is 2.32. The molecule has 1 atom stereocenters. The molecule has 14 heavy (non-hydrogen) atoms. The third kappa shape index (κ3) is 2.71. The van der Waals surface area contributed by atoms with Gasteiger partial charge in [0.2, 0.25) is 5.91 Å². The second-order valence-electron chi connectivity index (χ2n) is 4.70. The van der Waals surface area contributed by atoms with E-state index in [1.54, 1.807) is 0 Å². The van der Waals surface area contributed by atoms with Crippen LogP contribution in [0.2, 0.25) is 0 Å². The van der Waals surface area contributed by atoms with Gasteiger partial charge in [-0.3, -0.25) is 4.79 Å². The quantitative estimate of drug-likeness (QED) is 0.677. The number of likely N-dealkylation sites (tertiary alicyclic amines) is 1. The minimum absolute atomic E-state index is 0.278. The molecule has 0 aromatic rings. The monoisotopic (exact) mass is 198 g/mol. The lowest BCUT2D eigenvalue weighted by molar-refractivity contribution is -0.132. The van der Waals surface area contributed by atoms with E-state index in [2.05, 4.69) is 32.8 Å². The zero-order valence-electron chi connectivity index (χ0n) is 9.79. The van der Waals surface area contributed by atoms with Crippen molar-refractivity contribution in [3.63, 3.8) is 0 Å². The Morgan fingerprint density at radius 1 is 1.50 bits per heavy atom. The number of hydrogen-bond acceptors (Lipinski definition) is 2. The molecule has 0 saturated carbocycles. The molecule has 0 radical (unpaired) electrons. The summed E-state index contributed by atoms with van der Waals surface area (Å²) < 4.78 is 0. The molecule has 0 spiro atoms. The minimum Gasteiger partial charge on any atom is -0.340 e. The van der Waals surface area contributed by atoms with Gasteiger partial charge in [-0.25, -0.2) is 0 Å². The molecule has 0 bridgehead atoms. The van der Waals surface area contributed by atoms with Gasteiger partial charge in [-0.05, 0) is 47.3 Å². The lowest BCUT2D eigenvalue weighted by Crippen LogP contribution is -2.34. The summed E-state index contributed by atoms with van der Waals surface area (Å²) in [6, 6.07) is 0.367. The first kappa shape index (κ1) is 11.5. The minimum atomic E-state index is 0.278. The summed E-state index contributed by atoms with van der Waals surface area (Å²) in [6.45, 7) is 6.15. The van der Waals surface area contributed by atoms with E-state index in [0.29, 0.717) is 11.9 Å². The molecule has 1 saturated heterocycles. The second kappa shape index (κ2) is 4.78. The molecule has 1 heterocycles. The third-order valence-electron chi connectivity index (χ3n) is 2.90. The van der Waals surface area contributed by atoms with E-state index in [1.165, 1.54) is 0 Å². The van der Waals surface area contributed by atoms with Crippen molar-refractivity contribution >= 4 is 5.91 Å². The fourth-order valence-electron chi connectivity index (χ4n) is 1.96. The van der Waals surface area contributed by atoms with Gasteiger partial charge < -0.3 is 9.80 Å². The number of carbonyl (C=O) groups excluding carboxylic acids is 1. The van der Waals surface area contributed by atoms with Crippen molar-refractivity contribution in [2.24, 2.45) is 5.92 Å². The average molecular weight is 198 g/mol. The molecular weight excluding hydrogens is 176 g/mol. The van der Waals surface area contributed by atoms with Gasteiger partial charge in [-0.15, -0.1) is 0 Å². The van der Waals surface area contributed by atoms with Crippen molar-refractivity contribution in [2.75, 3.05) is 27.2 Å². The van der Waals surface area contributed by atoms with Crippen LogP contribution in [0.5, 0.6) is 0 Å². The van der Waals surface area contributed by atoms with Gasteiger partial charge >= 0.3 is 0 Å². The molecule has 0 aromatic heterocycles. The van der Waals surface area contributed by atoms with Crippen molar-refractivity contribution in [2.45, 2.75) is 32.7 Å². The number of nitrogens with zero attached hydrogens (tertiary/aromatic N) is 2. The zero-order valence-corrected chi connectivity index (χ0v) is 9.79. The Balaban J connectivity index is 2.40. The molecule has 3 nitrogen and oxygen atoms in total. The molecule has 0 aromatic carbocycles. The maximum absolute atomic E-state index is 11.9. The highest BCUT2D eigenvalue weighted by atomic mass is 16.2. The normalized spacial score (nSPS) is 22.9. The summed E-state index contributed by atoms with van der Waals surface area (Å²) >= 11 is 0. The molecule has 1 rings (SSSR count). The maximum Gasteiger partial charge on any atom is 0.226 e. The van der Waals surface area contributed by atoms with E-state index < -0.39 is 0 Å². The van der Waals surface area contributed by atoms with E-state index in [4.69, 9.17) is 0 Å². The summed E-state index contributed by atoms with van der Waals surface area (Å²) in [4.78, 5) is 16.0. The molecule has 1 aliphatic heterocycles. The van der Waals surface area contributed by atoms with E-state index in [9.17, 15) is 4.79 Å². The summed E-state index contributed by atoms with van der Waals surface area (Å²) in [5.41, 5.74) is 0. The van der Waals surface area contributed by atoms with Gasteiger partial charge in [0.1, 0.15) is 0 Å². The van der Waals surface area contributed by atoms with Crippen molar-refractivity contribution < 1.29 is 4.79 Å². The topological polar surface area (TPSA) is 23.6 Å². The predicted molar refractivity (Wildman–Crippen MR) is 58.1 cm³/mol. The van der Waals surface area contributed by atoms with Crippen molar-refractivity contribution in [3.05, 3.63) is 0 Å². The Hall–Kier alpha value is -0.570. The van der Waals surface area contributed by atoms with Gasteiger partial charge in [0.25, 0.3) is 0 Å². The molecular formula is C11H22N2O. The van der Waals surface area contributed by atoms with Crippen LogP contribution in [0.1, 0.15) is 26.7 Å². The van der Waals surface area contributed by atoms with Crippen molar-refractivity contribution in [1.82, 2.24) is 9.80 Å². The fraction of sp³-hybridized carbons (Fsp3) is 0.909. The Labute approximate surface area is 87.1 Å². The van der Waals surface area contributed by atoms with E-state index in [0.717, 1.165) is 25.9 Å². The predicted octanol–water partition coefficient (Wildman–Crippen LogP) is 1.20. The highest BCUT2D eigenvalue weighted by Crippen LogP contribution is 2.22. The summed E-state index contributed by atoms with van der Waals surface area (Å²) in [5, 5.41) is 0. The van der Waals surface area contributed by atoms with Crippen LogP contribution in [0.4, 0.5) is 0 Å². The zero-order chi connectivity index (χ0) is 10.7. The standard InChI is InChI=1S/C11H22N2O/c1-9(2)13-8-6-10(11(13)14)5-7-12(3)4/h9-10H,5-8H2,1-4H3. The fourth-order valence-corrected chi connectivity index (χ4v) is 1.96. The number of amides is 1. The lowest BCUT2D eigenvalue weighted by atomic mass is 10.0. The Bertz CT molecular complexity index is 201. The molecule has 1 unspecified atom stereocenters. The Morgan fingerprint density at radius 2 is 2.14 bits per heavy atom. The van der Waals surface area contributed by atoms with Gasteiger partial charge in [0.05, 0.1) is 0 Å². The first-order valence-electron chi connectivity index (χ1n) is 5.47. The molecule has 0 aliphatic carbocycles. The lowest BCUT2D eigenvalue weighted by Gasteiger charge is -2.21. The van der Waals surface area contributed by atoms with Crippen LogP contribution in [0.25, 0.3) is 0 Å². The van der Waals surface area contributed by atoms with Crippen LogP contribution in [-0.2, 0) is 4.79 Å². The Morgan fingerprint density at radius 3 is 2.57 bits per heavy atom. The number of rotatable bonds is 4. The molecule has 82 valence electrons. The van der Waals surface area contributed by atoms with E-state index in [-0.39, 0.29) is 5.92 Å². The van der Waals surface area contributed by atoms with Crippen LogP contribution in [-0.4, -0.2) is 48.9 Å². The molecule has 1 fully saturated rings. The van der Waals surface area contributed by atoms with Gasteiger partial charge in [-0.1, -0.05) is 0 Å². The van der Waals surface area contributed by atoms with E-state index >= 15 is 0 Å². The largest absolute Gasteiger partial charge is 0.340 e. The SMILES string of the molecule is CC(C)N1CCC(CCN(C)C)C1=O. The summed E-state index contributed by atoms with van der Waals surface area (Å²) in [6.07, 6.45) is 2.06. The van der Waals surface area contributed by atoms with Crippen LogP contribution in [0.3, 0.4) is 0 Å². The maximum atomic E-state index is 11.9. The molecule has 3 heteroatoms. The van der Waals surface area contributed by atoms with Crippen LogP contribution in [0.15, 0.2) is 0 Å². The van der Waals surface area contributed by atoms with Crippen molar-refractivity contribution in [1.29, 1.82) is 0 Å².